The van der Waals surface area contributed by atoms with Crippen LogP contribution in [0.4, 0.5) is 15.9 Å². The van der Waals surface area contributed by atoms with Crippen molar-refractivity contribution in [2.24, 2.45) is 5.41 Å². The van der Waals surface area contributed by atoms with Gasteiger partial charge in [0.2, 0.25) is 0 Å². The molecule has 1 aromatic heterocycles. The highest BCUT2D eigenvalue weighted by Gasteiger charge is 2.35. The van der Waals surface area contributed by atoms with E-state index in [1.165, 1.54) is 12.1 Å². The molecular formula is C25H29FN4O2. The number of anilines is 2. The van der Waals surface area contributed by atoms with Crippen LogP contribution < -0.4 is 5.32 Å². The molecule has 0 saturated heterocycles. The average Bonchev–Trinajstić information content (AvgIpc) is 3.11. The fourth-order valence-corrected chi connectivity index (χ4v) is 3.77. The third-order valence-electron chi connectivity index (χ3n) is 5.77. The summed E-state index contributed by atoms with van der Waals surface area (Å²) in [5.74, 6) is 0.931. The molecule has 2 N–H and O–H groups in total. The first-order chi connectivity index (χ1) is 15.1. The van der Waals surface area contributed by atoms with Gasteiger partial charge in [-0.2, -0.15) is 0 Å². The maximum atomic E-state index is 13.5. The van der Waals surface area contributed by atoms with Crippen LogP contribution in [0.25, 0.3) is 11.3 Å². The van der Waals surface area contributed by atoms with Gasteiger partial charge in [-0.15, -0.1) is 0 Å². The Hall–Kier alpha value is -3.19. The van der Waals surface area contributed by atoms with Crippen LogP contribution in [-0.4, -0.2) is 38.1 Å². The third-order valence-corrected chi connectivity index (χ3v) is 5.77. The molecule has 0 spiro atoms. The number of aliphatic hydroxyl groups is 1. The molecule has 168 valence electrons. The van der Waals surface area contributed by atoms with Gasteiger partial charge in [0.25, 0.3) is 5.91 Å². The largest absolute Gasteiger partial charge is 0.383 e. The van der Waals surface area contributed by atoms with Crippen molar-refractivity contribution < 1.29 is 14.3 Å². The fourth-order valence-electron chi connectivity index (χ4n) is 3.77. The first kappa shape index (κ1) is 22.0. The monoisotopic (exact) mass is 436 g/mol. The molecule has 0 bridgehead atoms. The first-order valence-corrected chi connectivity index (χ1v) is 10.8. The van der Waals surface area contributed by atoms with Gasteiger partial charge in [0.15, 0.2) is 0 Å². The predicted molar refractivity (Wildman–Crippen MR) is 123 cm³/mol. The van der Waals surface area contributed by atoms with Gasteiger partial charge in [0.05, 0.1) is 6.54 Å². The van der Waals surface area contributed by atoms with Crippen molar-refractivity contribution in [1.29, 1.82) is 0 Å². The van der Waals surface area contributed by atoms with E-state index >= 15 is 0 Å². The minimum absolute atomic E-state index is 0.289. The Morgan fingerprint density at radius 1 is 1.09 bits per heavy atom. The lowest BCUT2D eigenvalue weighted by Gasteiger charge is -2.33. The van der Waals surface area contributed by atoms with Crippen LogP contribution in [0.3, 0.4) is 0 Å². The van der Waals surface area contributed by atoms with Crippen molar-refractivity contribution in [2.45, 2.75) is 46.9 Å². The number of carbonyl (C=O) groups excluding carboxylic acids is 1. The number of nitrogens with one attached hydrogen (secondary N) is 1. The third kappa shape index (κ3) is 4.39. The van der Waals surface area contributed by atoms with Crippen LogP contribution >= 0.6 is 0 Å². The van der Waals surface area contributed by atoms with Crippen LogP contribution in [0.15, 0.2) is 48.5 Å². The number of hydrogen-bond donors (Lipinski definition) is 2. The van der Waals surface area contributed by atoms with E-state index in [2.05, 4.69) is 9.88 Å². The van der Waals surface area contributed by atoms with Crippen molar-refractivity contribution in [3.05, 3.63) is 65.7 Å². The van der Waals surface area contributed by atoms with Crippen LogP contribution in [-0.2, 0) is 17.9 Å². The Bertz CT molecular complexity index is 1110. The van der Waals surface area contributed by atoms with E-state index in [9.17, 15) is 14.3 Å². The van der Waals surface area contributed by atoms with E-state index in [0.717, 1.165) is 28.5 Å². The van der Waals surface area contributed by atoms with Gasteiger partial charge < -0.3 is 19.9 Å². The molecule has 1 atom stereocenters. The number of imidazole rings is 1. The Balaban J connectivity index is 1.70. The predicted octanol–water partition coefficient (Wildman–Crippen LogP) is 4.49. The Labute approximate surface area is 187 Å². The minimum Gasteiger partial charge on any atom is -0.383 e. The number of carbonyl (C=O) groups is 1. The summed E-state index contributed by atoms with van der Waals surface area (Å²) in [7, 11) is 0. The number of amides is 1. The molecule has 1 aliphatic rings. The van der Waals surface area contributed by atoms with Crippen LogP contribution in [0, 0.1) is 18.2 Å². The highest BCUT2D eigenvalue weighted by atomic mass is 19.1. The standard InChI is InChI=1S/C25H29FN4O2/c1-16-5-11-19(12-6-16)27-23-21(17-7-9-18(26)10-8-17)28-20-15-29(13-14-30(20)23)24(32)22(31)25(2,3)4/h5-12,22,27,31H,13-15H2,1-4H3. The van der Waals surface area contributed by atoms with E-state index in [4.69, 9.17) is 4.98 Å². The van der Waals surface area contributed by atoms with Crippen molar-refractivity contribution in [1.82, 2.24) is 14.5 Å². The molecule has 0 radical (unpaired) electrons. The topological polar surface area (TPSA) is 70.4 Å². The summed E-state index contributed by atoms with van der Waals surface area (Å²) < 4.78 is 15.6. The zero-order chi connectivity index (χ0) is 23.0. The van der Waals surface area contributed by atoms with E-state index in [-0.39, 0.29) is 11.7 Å². The van der Waals surface area contributed by atoms with Gasteiger partial charge in [0, 0.05) is 24.3 Å². The SMILES string of the molecule is Cc1ccc(Nc2c(-c3ccc(F)cc3)nc3n2CCN(C(=O)C(O)C(C)(C)C)C3)cc1. The van der Waals surface area contributed by atoms with E-state index in [1.807, 2.05) is 52.0 Å². The van der Waals surface area contributed by atoms with Crippen LogP contribution in [0.2, 0.25) is 0 Å². The molecule has 1 amide bonds. The first-order valence-electron chi connectivity index (χ1n) is 10.8. The van der Waals surface area contributed by atoms with E-state index in [0.29, 0.717) is 25.3 Å². The quantitative estimate of drug-likeness (QED) is 0.632. The lowest BCUT2D eigenvalue weighted by molar-refractivity contribution is -0.147. The molecule has 7 heteroatoms. The van der Waals surface area contributed by atoms with Crippen molar-refractivity contribution >= 4 is 17.4 Å². The molecule has 4 rings (SSSR count). The lowest BCUT2D eigenvalue weighted by atomic mass is 9.88. The summed E-state index contributed by atoms with van der Waals surface area (Å²) in [6.07, 6.45) is -1.08. The van der Waals surface area contributed by atoms with Gasteiger partial charge >= 0.3 is 0 Å². The number of benzene rings is 2. The van der Waals surface area contributed by atoms with Crippen molar-refractivity contribution in [3.8, 4) is 11.3 Å². The van der Waals surface area contributed by atoms with Gasteiger partial charge in [-0.05, 0) is 48.7 Å². The van der Waals surface area contributed by atoms with Gasteiger partial charge in [-0.25, -0.2) is 9.37 Å². The summed E-state index contributed by atoms with van der Waals surface area (Å²) in [6, 6.07) is 14.3. The molecule has 3 aromatic rings. The maximum Gasteiger partial charge on any atom is 0.252 e. The van der Waals surface area contributed by atoms with Gasteiger partial charge in [0.1, 0.15) is 29.3 Å². The summed E-state index contributed by atoms with van der Waals surface area (Å²) >= 11 is 0. The molecule has 1 unspecified atom stereocenters. The Morgan fingerprint density at radius 3 is 2.38 bits per heavy atom. The smallest absolute Gasteiger partial charge is 0.252 e. The second-order valence-corrected chi connectivity index (χ2v) is 9.40. The van der Waals surface area contributed by atoms with Crippen molar-refractivity contribution in [3.63, 3.8) is 0 Å². The maximum absolute atomic E-state index is 13.5. The van der Waals surface area contributed by atoms with Crippen molar-refractivity contribution in [2.75, 3.05) is 11.9 Å². The molecule has 0 aliphatic carbocycles. The van der Waals surface area contributed by atoms with Gasteiger partial charge in [-0.1, -0.05) is 38.5 Å². The van der Waals surface area contributed by atoms with Crippen LogP contribution in [0.5, 0.6) is 0 Å². The number of aromatic nitrogens is 2. The average molecular weight is 437 g/mol. The van der Waals surface area contributed by atoms with E-state index in [1.54, 1.807) is 17.0 Å². The van der Waals surface area contributed by atoms with Gasteiger partial charge in [-0.3, -0.25) is 4.79 Å². The lowest BCUT2D eigenvalue weighted by Crippen LogP contribution is -2.48. The molecule has 0 saturated carbocycles. The molecule has 32 heavy (non-hydrogen) atoms. The number of hydrogen-bond acceptors (Lipinski definition) is 4. The minimum atomic E-state index is -1.08. The summed E-state index contributed by atoms with van der Waals surface area (Å²) in [5, 5.41) is 13.9. The molecule has 6 nitrogen and oxygen atoms in total. The fraction of sp³-hybridized carbons (Fsp3) is 0.360. The number of rotatable bonds is 4. The summed E-state index contributed by atoms with van der Waals surface area (Å²) in [4.78, 5) is 19.3. The van der Waals surface area contributed by atoms with Crippen LogP contribution in [0.1, 0.15) is 32.2 Å². The highest BCUT2D eigenvalue weighted by molar-refractivity contribution is 5.82. The zero-order valence-corrected chi connectivity index (χ0v) is 18.9. The second-order valence-electron chi connectivity index (χ2n) is 9.40. The Kier molecular flexibility index (Phi) is 5.77. The number of aryl methyl sites for hydroxylation is 1. The molecule has 2 aromatic carbocycles. The summed E-state index contributed by atoms with van der Waals surface area (Å²) in [6.45, 7) is 8.88. The number of halogens is 1. The zero-order valence-electron chi connectivity index (χ0n) is 18.9. The number of aliphatic hydroxyl groups excluding tert-OH is 1. The molecule has 0 fully saturated rings. The highest BCUT2D eigenvalue weighted by Crippen LogP contribution is 2.34. The number of nitrogens with zero attached hydrogens (tertiary/aromatic N) is 3. The molecule has 1 aliphatic heterocycles. The number of fused-ring (bicyclic) bond motifs is 1. The normalized spacial score (nSPS) is 14.8. The molecule has 2 heterocycles. The Morgan fingerprint density at radius 2 is 1.75 bits per heavy atom. The molecular weight excluding hydrogens is 407 g/mol. The van der Waals surface area contributed by atoms with E-state index < -0.39 is 11.5 Å². The second kappa shape index (κ2) is 8.39. The summed E-state index contributed by atoms with van der Waals surface area (Å²) in [5.41, 5.74) is 3.03.